The van der Waals surface area contributed by atoms with Crippen LogP contribution in [0, 0.1) is 0 Å². The number of nitrogens with zero attached hydrogens (tertiary/aromatic N) is 3. The van der Waals surface area contributed by atoms with E-state index in [1.807, 2.05) is 42.6 Å². The average molecular weight is 372 g/mol. The predicted molar refractivity (Wildman–Crippen MR) is 103 cm³/mol. The molecule has 1 N–H and O–H groups in total. The van der Waals surface area contributed by atoms with Crippen LogP contribution < -0.4 is 14.8 Å². The molecule has 0 atom stereocenters. The molecule has 0 saturated carbocycles. The van der Waals surface area contributed by atoms with Crippen LogP contribution in [-0.2, 0) is 6.54 Å². The number of fused-ring (bicyclic) bond motifs is 1. The quantitative estimate of drug-likeness (QED) is 0.564. The minimum atomic E-state index is 0.264. The molecular weight excluding hydrogens is 356 g/mol. The van der Waals surface area contributed by atoms with Crippen molar-refractivity contribution in [2.75, 3.05) is 12.1 Å². The molecule has 138 valence electrons. The maximum absolute atomic E-state index is 5.43. The molecule has 0 radical (unpaired) electrons. The summed E-state index contributed by atoms with van der Waals surface area (Å²) in [6.45, 7) is 0.829. The minimum absolute atomic E-state index is 0.264. The van der Waals surface area contributed by atoms with Gasteiger partial charge in [0, 0.05) is 36.3 Å². The fourth-order valence-electron chi connectivity index (χ4n) is 3.06. The lowest BCUT2D eigenvalue weighted by Gasteiger charge is -2.11. The number of aromatic nitrogens is 3. The van der Waals surface area contributed by atoms with Crippen molar-refractivity contribution in [1.82, 2.24) is 15.0 Å². The van der Waals surface area contributed by atoms with Crippen molar-refractivity contribution >= 4 is 5.95 Å². The Morgan fingerprint density at radius 1 is 0.964 bits per heavy atom. The highest BCUT2D eigenvalue weighted by molar-refractivity contribution is 5.80. The third kappa shape index (κ3) is 3.14. The topological polar surface area (TPSA) is 82.3 Å². The van der Waals surface area contributed by atoms with Crippen LogP contribution in [0.5, 0.6) is 11.5 Å². The Kier molecular flexibility index (Phi) is 4.10. The van der Waals surface area contributed by atoms with E-state index in [0.29, 0.717) is 12.5 Å². The van der Waals surface area contributed by atoms with E-state index in [9.17, 15) is 0 Å². The highest BCUT2D eigenvalue weighted by Gasteiger charge is 2.15. The second-order valence-electron chi connectivity index (χ2n) is 6.24. The lowest BCUT2D eigenvalue weighted by Crippen LogP contribution is -2.05. The summed E-state index contributed by atoms with van der Waals surface area (Å²) in [5.74, 6) is 2.06. The van der Waals surface area contributed by atoms with Gasteiger partial charge in [-0.2, -0.15) is 0 Å². The Morgan fingerprint density at radius 3 is 2.71 bits per heavy atom. The van der Waals surface area contributed by atoms with E-state index in [1.54, 1.807) is 24.9 Å². The Hall–Kier alpha value is -3.87. The van der Waals surface area contributed by atoms with Crippen LogP contribution in [0.3, 0.4) is 0 Å². The van der Waals surface area contributed by atoms with Gasteiger partial charge in [-0.05, 0) is 41.5 Å². The lowest BCUT2D eigenvalue weighted by molar-refractivity contribution is 0.174. The molecule has 0 fully saturated rings. The summed E-state index contributed by atoms with van der Waals surface area (Å²) in [5, 5.41) is 3.27. The number of nitrogens with one attached hydrogen (secondary N) is 1. The molecule has 0 spiro atoms. The molecule has 3 aromatic heterocycles. The van der Waals surface area contributed by atoms with Crippen LogP contribution in [0.15, 0.2) is 71.9 Å². The number of furan rings is 1. The Labute approximate surface area is 161 Å². The van der Waals surface area contributed by atoms with Crippen LogP contribution in [0.25, 0.3) is 22.4 Å². The standard InChI is InChI=1S/C21H16N4O3/c1-2-18-19(28-13-27-18)9-14(1)10-23-21-24-11-17(15-3-6-22-7-4-15)20(25-21)16-5-8-26-12-16/h1-9,11-12H,10,13H2,(H,23,24,25). The number of pyridine rings is 1. The number of rotatable bonds is 5. The lowest BCUT2D eigenvalue weighted by atomic mass is 10.0. The van der Waals surface area contributed by atoms with E-state index < -0.39 is 0 Å². The molecule has 0 saturated heterocycles. The SMILES string of the molecule is c1cc(-c2cnc(NCc3ccc4c(c3)OCO4)nc2-c2ccoc2)ccn1. The van der Waals surface area contributed by atoms with Gasteiger partial charge in [-0.1, -0.05) is 6.07 Å². The number of hydrogen-bond donors (Lipinski definition) is 1. The second-order valence-corrected chi connectivity index (χ2v) is 6.24. The van der Waals surface area contributed by atoms with Gasteiger partial charge in [-0.15, -0.1) is 0 Å². The molecule has 0 aliphatic carbocycles. The first kappa shape index (κ1) is 16.3. The van der Waals surface area contributed by atoms with Gasteiger partial charge >= 0.3 is 0 Å². The summed E-state index contributed by atoms with van der Waals surface area (Å²) in [6.07, 6.45) is 8.62. The molecule has 1 aliphatic heterocycles. The zero-order chi connectivity index (χ0) is 18.8. The molecule has 1 aliphatic rings. The zero-order valence-electron chi connectivity index (χ0n) is 14.8. The van der Waals surface area contributed by atoms with Gasteiger partial charge in [0.2, 0.25) is 12.7 Å². The summed E-state index contributed by atoms with van der Waals surface area (Å²) in [4.78, 5) is 13.3. The highest BCUT2D eigenvalue weighted by atomic mass is 16.7. The fourth-order valence-corrected chi connectivity index (χ4v) is 3.06. The van der Waals surface area contributed by atoms with Gasteiger partial charge in [0.15, 0.2) is 11.5 Å². The highest BCUT2D eigenvalue weighted by Crippen LogP contribution is 2.33. The average Bonchev–Trinajstić information content (AvgIpc) is 3.44. The van der Waals surface area contributed by atoms with Gasteiger partial charge in [-0.25, -0.2) is 9.97 Å². The molecule has 4 aromatic rings. The first-order valence-corrected chi connectivity index (χ1v) is 8.79. The molecule has 7 nitrogen and oxygen atoms in total. The molecule has 0 bridgehead atoms. The van der Waals surface area contributed by atoms with Crippen molar-refractivity contribution in [3.8, 4) is 33.9 Å². The third-order valence-electron chi connectivity index (χ3n) is 4.46. The van der Waals surface area contributed by atoms with Gasteiger partial charge in [0.1, 0.15) is 0 Å². The summed E-state index contributed by atoms with van der Waals surface area (Å²) in [7, 11) is 0. The van der Waals surface area contributed by atoms with Crippen LogP contribution in [-0.4, -0.2) is 21.7 Å². The second kappa shape index (κ2) is 7.03. The van der Waals surface area contributed by atoms with E-state index in [2.05, 4.69) is 15.3 Å². The van der Waals surface area contributed by atoms with Crippen LogP contribution in [0.1, 0.15) is 5.56 Å². The minimum Gasteiger partial charge on any atom is -0.472 e. The maximum Gasteiger partial charge on any atom is 0.231 e. The molecule has 4 heterocycles. The van der Waals surface area contributed by atoms with Gasteiger partial charge in [0.25, 0.3) is 0 Å². The number of ether oxygens (including phenoxy) is 2. The van der Waals surface area contributed by atoms with E-state index in [-0.39, 0.29) is 6.79 Å². The van der Waals surface area contributed by atoms with Gasteiger partial charge < -0.3 is 19.2 Å². The van der Waals surface area contributed by atoms with E-state index in [4.69, 9.17) is 18.9 Å². The summed E-state index contributed by atoms with van der Waals surface area (Å²) >= 11 is 0. The predicted octanol–water partition coefficient (Wildman–Crippen LogP) is 4.14. The normalized spacial score (nSPS) is 12.1. The van der Waals surface area contributed by atoms with Crippen molar-refractivity contribution in [2.24, 2.45) is 0 Å². The Morgan fingerprint density at radius 2 is 1.86 bits per heavy atom. The van der Waals surface area contributed by atoms with Crippen LogP contribution in [0.2, 0.25) is 0 Å². The smallest absolute Gasteiger partial charge is 0.231 e. The van der Waals surface area contributed by atoms with Crippen molar-refractivity contribution in [3.05, 3.63) is 73.1 Å². The summed E-state index contributed by atoms with van der Waals surface area (Å²) in [6, 6.07) is 11.6. The summed E-state index contributed by atoms with van der Waals surface area (Å²) in [5.41, 5.74) is 4.64. The fraction of sp³-hybridized carbons (Fsp3) is 0.0952. The Balaban J connectivity index is 1.43. The first-order chi connectivity index (χ1) is 13.9. The van der Waals surface area contributed by atoms with Crippen molar-refractivity contribution in [1.29, 1.82) is 0 Å². The first-order valence-electron chi connectivity index (χ1n) is 8.79. The molecular formula is C21H16N4O3. The van der Waals surface area contributed by atoms with Gasteiger partial charge in [0.05, 0.1) is 18.2 Å². The van der Waals surface area contributed by atoms with E-state index >= 15 is 0 Å². The van der Waals surface area contributed by atoms with Crippen LogP contribution >= 0.6 is 0 Å². The summed E-state index contributed by atoms with van der Waals surface area (Å²) < 4.78 is 16.0. The number of benzene rings is 1. The van der Waals surface area contributed by atoms with Crippen LogP contribution in [0.4, 0.5) is 5.95 Å². The van der Waals surface area contributed by atoms with E-state index in [0.717, 1.165) is 39.4 Å². The Bertz CT molecular complexity index is 1100. The number of hydrogen-bond acceptors (Lipinski definition) is 7. The largest absolute Gasteiger partial charge is 0.472 e. The molecule has 0 unspecified atom stereocenters. The van der Waals surface area contributed by atoms with Gasteiger partial charge in [-0.3, -0.25) is 4.98 Å². The van der Waals surface area contributed by atoms with Crippen molar-refractivity contribution in [2.45, 2.75) is 6.54 Å². The number of anilines is 1. The zero-order valence-corrected chi connectivity index (χ0v) is 14.8. The molecule has 1 aromatic carbocycles. The molecule has 7 heteroatoms. The van der Waals surface area contributed by atoms with E-state index in [1.165, 1.54) is 0 Å². The monoisotopic (exact) mass is 372 g/mol. The van der Waals surface area contributed by atoms with Crippen molar-refractivity contribution < 1.29 is 13.9 Å². The molecule has 5 rings (SSSR count). The third-order valence-corrected chi connectivity index (χ3v) is 4.46. The van der Waals surface area contributed by atoms with Crippen molar-refractivity contribution in [3.63, 3.8) is 0 Å². The molecule has 28 heavy (non-hydrogen) atoms. The molecule has 0 amide bonds. The maximum atomic E-state index is 5.43.